The summed E-state index contributed by atoms with van der Waals surface area (Å²) in [6.07, 6.45) is 0. The zero-order valence-corrected chi connectivity index (χ0v) is 10.8. The Morgan fingerprint density at radius 1 is 1.69 bits per heavy atom. The van der Waals surface area contributed by atoms with E-state index in [1.807, 2.05) is 19.2 Å². The second-order valence-electron chi connectivity index (χ2n) is 3.92. The Kier molecular flexibility index (Phi) is 4.89. The van der Waals surface area contributed by atoms with Crippen molar-refractivity contribution in [2.75, 3.05) is 13.1 Å². The van der Waals surface area contributed by atoms with E-state index in [-0.39, 0.29) is 5.92 Å². The molecule has 0 aromatic carbocycles. The molecule has 1 N–H and O–H groups in total. The minimum absolute atomic E-state index is 0.334. The lowest BCUT2D eigenvalue weighted by Crippen LogP contribution is -2.31. The van der Waals surface area contributed by atoms with Crippen LogP contribution in [0.5, 0.6) is 0 Å². The average molecular weight is 242 g/mol. The Bertz CT molecular complexity index is 352. The number of hydrogen-bond donors (Lipinski definition) is 1. The quantitative estimate of drug-likeness (QED) is 0.829. The maximum Gasteiger partial charge on any atom is 0.307 e. The van der Waals surface area contributed by atoms with Crippen LogP contribution in [-0.4, -0.2) is 34.0 Å². The zero-order chi connectivity index (χ0) is 12.1. The van der Waals surface area contributed by atoms with E-state index in [2.05, 4.69) is 9.88 Å². The van der Waals surface area contributed by atoms with E-state index >= 15 is 0 Å². The second-order valence-corrected chi connectivity index (χ2v) is 4.99. The largest absolute Gasteiger partial charge is 0.481 e. The monoisotopic (exact) mass is 242 g/mol. The maximum atomic E-state index is 10.8. The van der Waals surface area contributed by atoms with Gasteiger partial charge in [-0.2, -0.15) is 0 Å². The maximum absolute atomic E-state index is 10.8. The normalized spacial score (nSPS) is 13.0. The molecule has 90 valence electrons. The molecule has 5 heteroatoms. The van der Waals surface area contributed by atoms with Gasteiger partial charge in [-0.3, -0.25) is 9.69 Å². The average Bonchev–Trinajstić information content (AvgIpc) is 2.62. The molecule has 0 saturated carbocycles. The smallest absolute Gasteiger partial charge is 0.307 e. The molecule has 0 radical (unpaired) electrons. The van der Waals surface area contributed by atoms with E-state index in [1.54, 1.807) is 18.3 Å². The van der Waals surface area contributed by atoms with E-state index in [0.29, 0.717) is 6.54 Å². The summed E-state index contributed by atoms with van der Waals surface area (Å²) < 4.78 is 0. The number of carbonyl (C=O) groups is 1. The third-order valence-electron chi connectivity index (χ3n) is 2.45. The first-order valence-corrected chi connectivity index (χ1v) is 6.27. The summed E-state index contributed by atoms with van der Waals surface area (Å²) in [6, 6.07) is 0. The molecule has 1 atom stereocenters. The highest BCUT2D eigenvalue weighted by atomic mass is 32.1. The minimum atomic E-state index is -0.743. The van der Waals surface area contributed by atoms with Gasteiger partial charge < -0.3 is 5.11 Å². The SMILES string of the molecule is CCN(Cc1csc(C)n1)CC(C)C(=O)O. The molecule has 1 unspecified atom stereocenters. The van der Waals surface area contributed by atoms with Gasteiger partial charge in [-0.15, -0.1) is 11.3 Å². The Morgan fingerprint density at radius 2 is 2.38 bits per heavy atom. The first kappa shape index (κ1) is 13.1. The van der Waals surface area contributed by atoms with Gasteiger partial charge in [0.05, 0.1) is 16.6 Å². The van der Waals surface area contributed by atoms with Crippen LogP contribution in [0.3, 0.4) is 0 Å². The number of carboxylic acids is 1. The van der Waals surface area contributed by atoms with Gasteiger partial charge in [-0.1, -0.05) is 13.8 Å². The molecule has 1 aromatic rings. The van der Waals surface area contributed by atoms with Crippen molar-refractivity contribution in [2.45, 2.75) is 27.3 Å². The fraction of sp³-hybridized carbons (Fsp3) is 0.636. The summed E-state index contributed by atoms with van der Waals surface area (Å²) in [5.41, 5.74) is 1.03. The van der Waals surface area contributed by atoms with E-state index in [0.717, 1.165) is 23.8 Å². The summed E-state index contributed by atoms with van der Waals surface area (Å²) >= 11 is 1.63. The number of hydrogen-bond acceptors (Lipinski definition) is 4. The van der Waals surface area contributed by atoms with Crippen molar-refractivity contribution in [3.05, 3.63) is 16.1 Å². The van der Waals surface area contributed by atoms with E-state index in [1.165, 1.54) is 0 Å². The van der Waals surface area contributed by atoms with E-state index in [4.69, 9.17) is 5.11 Å². The molecule has 1 heterocycles. The molecular formula is C11H18N2O2S. The highest BCUT2D eigenvalue weighted by Gasteiger charge is 2.15. The highest BCUT2D eigenvalue weighted by molar-refractivity contribution is 7.09. The zero-order valence-electron chi connectivity index (χ0n) is 9.93. The van der Waals surface area contributed by atoms with Crippen LogP contribution in [0.4, 0.5) is 0 Å². The molecule has 4 nitrogen and oxygen atoms in total. The van der Waals surface area contributed by atoms with Crippen molar-refractivity contribution >= 4 is 17.3 Å². The first-order valence-electron chi connectivity index (χ1n) is 5.39. The number of rotatable bonds is 6. The Hall–Kier alpha value is -0.940. The molecule has 16 heavy (non-hydrogen) atoms. The fourth-order valence-corrected chi connectivity index (χ4v) is 2.08. The van der Waals surface area contributed by atoms with Gasteiger partial charge in [0, 0.05) is 18.5 Å². The van der Waals surface area contributed by atoms with E-state index < -0.39 is 5.97 Å². The van der Waals surface area contributed by atoms with Crippen molar-refractivity contribution in [1.82, 2.24) is 9.88 Å². The number of aromatic nitrogens is 1. The Labute approximate surface area is 99.9 Å². The van der Waals surface area contributed by atoms with Gasteiger partial charge >= 0.3 is 5.97 Å². The van der Waals surface area contributed by atoms with Crippen LogP contribution >= 0.6 is 11.3 Å². The molecule has 0 aliphatic heterocycles. The van der Waals surface area contributed by atoms with Crippen LogP contribution in [0.1, 0.15) is 24.5 Å². The molecule has 0 bridgehead atoms. The summed E-state index contributed by atoms with van der Waals surface area (Å²) in [4.78, 5) is 17.3. The predicted octanol–water partition coefficient (Wildman–Crippen LogP) is 1.99. The lowest BCUT2D eigenvalue weighted by Gasteiger charge is -2.21. The van der Waals surface area contributed by atoms with Gasteiger partial charge in [0.1, 0.15) is 0 Å². The predicted molar refractivity (Wildman–Crippen MR) is 64.6 cm³/mol. The Balaban J connectivity index is 2.52. The third kappa shape index (κ3) is 3.90. The molecule has 1 rings (SSSR count). The second kappa shape index (κ2) is 5.96. The summed E-state index contributed by atoms with van der Waals surface area (Å²) in [5, 5.41) is 11.9. The van der Waals surface area contributed by atoms with Crippen molar-refractivity contribution in [3.8, 4) is 0 Å². The van der Waals surface area contributed by atoms with Crippen molar-refractivity contribution in [1.29, 1.82) is 0 Å². The molecule has 1 aromatic heterocycles. The van der Waals surface area contributed by atoms with Crippen LogP contribution in [0, 0.1) is 12.8 Å². The topological polar surface area (TPSA) is 53.4 Å². The van der Waals surface area contributed by atoms with Crippen LogP contribution in [0.15, 0.2) is 5.38 Å². The lowest BCUT2D eigenvalue weighted by atomic mass is 10.1. The number of nitrogens with zero attached hydrogens (tertiary/aromatic N) is 2. The van der Waals surface area contributed by atoms with Gasteiger partial charge in [-0.05, 0) is 13.5 Å². The van der Waals surface area contributed by atoms with Crippen molar-refractivity contribution < 1.29 is 9.90 Å². The molecular weight excluding hydrogens is 224 g/mol. The van der Waals surface area contributed by atoms with Gasteiger partial charge in [0.25, 0.3) is 0 Å². The van der Waals surface area contributed by atoms with Gasteiger partial charge in [-0.25, -0.2) is 4.98 Å². The highest BCUT2D eigenvalue weighted by Crippen LogP contribution is 2.11. The molecule has 0 aliphatic rings. The van der Waals surface area contributed by atoms with Crippen LogP contribution in [0.25, 0.3) is 0 Å². The Morgan fingerprint density at radius 3 is 2.81 bits per heavy atom. The van der Waals surface area contributed by atoms with Crippen LogP contribution < -0.4 is 0 Å². The molecule has 0 fully saturated rings. The lowest BCUT2D eigenvalue weighted by molar-refractivity contribution is -0.141. The van der Waals surface area contributed by atoms with Gasteiger partial charge in [0.15, 0.2) is 0 Å². The molecule has 0 amide bonds. The molecule has 0 saturated heterocycles. The minimum Gasteiger partial charge on any atom is -0.481 e. The van der Waals surface area contributed by atoms with E-state index in [9.17, 15) is 4.79 Å². The number of aliphatic carboxylic acids is 1. The molecule has 0 aliphatic carbocycles. The number of carboxylic acid groups (broad SMARTS) is 1. The van der Waals surface area contributed by atoms with Crippen LogP contribution in [0.2, 0.25) is 0 Å². The van der Waals surface area contributed by atoms with Crippen molar-refractivity contribution in [2.24, 2.45) is 5.92 Å². The fourth-order valence-electron chi connectivity index (χ4n) is 1.48. The summed E-state index contributed by atoms with van der Waals surface area (Å²) in [5.74, 6) is -1.08. The van der Waals surface area contributed by atoms with Gasteiger partial charge in [0.2, 0.25) is 0 Å². The summed E-state index contributed by atoms with van der Waals surface area (Å²) in [7, 11) is 0. The standard InChI is InChI=1S/C11H18N2O2S/c1-4-13(5-8(2)11(14)15)6-10-7-16-9(3)12-10/h7-8H,4-6H2,1-3H3,(H,14,15). The van der Waals surface area contributed by atoms with Crippen molar-refractivity contribution in [3.63, 3.8) is 0 Å². The summed E-state index contributed by atoms with van der Waals surface area (Å²) in [6.45, 7) is 7.89. The third-order valence-corrected chi connectivity index (χ3v) is 3.28. The molecule has 0 spiro atoms. The first-order chi connectivity index (χ1) is 7.52. The number of aryl methyl sites for hydroxylation is 1. The van der Waals surface area contributed by atoms with Crippen LogP contribution in [-0.2, 0) is 11.3 Å². The number of thiazole rings is 1.